The van der Waals surface area contributed by atoms with Crippen molar-refractivity contribution in [2.45, 2.75) is 4.90 Å². The number of nitrogens with one attached hydrogen (secondary N) is 1. The third-order valence-corrected chi connectivity index (χ3v) is 6.48. The Labute approximate surface area is 156 Å². The van der Waals surface area contributed by atoms with Crippen LogP contribution in [0, 0.1) is 5.82 Å². The predicted molar refractivity (Wildman–Crippen MR) is 99.2 cm³/mol. The summed E-state index contributed by atoms with van der Waals surface area (Å²) in [6, 6.07) is 10.6. The van der Waals surface area contributed by atoms with Crippen molar-refractivity contribution in [3.8, 4) is 11.3 Å². The van der Waals surface area contributed by atoms with Gasteiger partial charge in [-0.15, -0.1) is 0 Å². The van der Waals surface area contributed by atoms with Gasteiger partial charge >= 0.3 is 0 Å². The van der Waals surface area contributed by atoms with E-state index in [0.717, 1.165) is 29.2 Å². The number of anilines is 1. The maximum atomic E-state index is 13.1. The second-order valence-corrected chi connectivity index (χ2v) is 8.16. The van der Waals surface area contributed by atoms with Crippen molar-refractivity contribution >= 4 is 15.8 Å². The van der Waals surface area contributed by atoms with Crippen molar-refractivity contribution in [3.05, 3.63) is 60.7 Å². The van der Waals surface area contributed by atoms with E-state index in [9.17, 15) is 12.8 Å². The topological polar surface area (TPSA) is 82.2 Å². The number of aromatic nitrogens is 3. The zero-order valence-corrected chi connectivity index (χ0v) is 15.2. The Balaban J connectivity index is 1.45. The molecule has 0 aliphatic carbocycles. The Kier molecular flexibility index (Phi) is 4.63. The van der Waals surface area contributed by atoms with Gasteiger partial charge in [-0.3, -0.25) is 10.1 Å². The van der Waals surface area contributed by atoms with Crippen LogP contribution in [-0.2, 0) is 10.0 Å². The normalized spacial score (nSPS) is 15.8. The summed E-state index contributed by atoms with van der Waals surface area (Å²) in [7, 11) is -3.62. The Morgan fingerprint density at radius 1 is 0.963 bits per heavy atom. The van der Waals surface area contributed by atoms with E-state index in [1.54, 1.807) is 12.4 Å². The number of halogens is 1. The molecule has 1 fully saturated rings. The number of aromatic amines is 1. The molecule has 0 atom stereocenters. The number of H-pyrrole nitrogens is 1. The van der Waals surface area contributed by atoms with E-state index < -0.39 is 15.8 Å². The minimum atomic E-state index is -3.62. The Hall–Kier alpha value is -2.78. The van der Waals surface area contributed by atoms with Crippen molar-refractivity contribution in [1.82, 2.24) is 19.5 Å². The molecule has 1 aromatic carbocycles. The second kappa shape index (κ2) is 7.09. The molecule has 9 heteroatoms. The van der Waals surface area contributed by atoms with Crippen molar-refractivity contribution in [3.63, 3.8) is 0 Å². The molecular weight excluding hydrogens is 369 g/mol. The largest absolute Gasteiger partial charge is 0.352 e. The molecule has 0 radical (unpaired) electrons. The summed E-state index contributed by atoms with van der Waals surface area (Å²) in [5.41, 5.74) is 1.87. The number of hydrogen-bond acceptors (Lipinski definition) is 5. The summed E-state index contributed by atoms with van der Waals surface area (Å²) >= 11 is 0. The van der Waals surface area contributed by atoms with Gasteiger partial charge < -0.3 is 4.90 Å². The van der Waals surface area contributed by atoms with Crippen LogP contribution in [0.4, 0.5) is 10.2 Å². The molecule has 2 aromatic heterocycles. The van der Waals surface area contributed by atoms with Crippen molar-refractivity contribution < 1.29 is 12.8 Å². The highest BCUT2D eigenvalue weighted by Crippen LogP contribution is 2.24. The summed E-state index contributed by atoms with van der Waals surface area (Å²) in [5, 5.41) is 7.35. The van der Waals surface area contributed by atoms with Gasteiger partial charge in [-0.25, -0.2) is 12.8 Å². The summed E-state index contributed by atoms with van der Waals surface area (Å²) in [4.78, 5) is 6.15. The molecule has 0 bridgehead atoms. The van der Waals surface area contributed by atoms with E-state index in [0.29, 0.717) is 26.2 Å². The first-order valence-electron chi connectivity index (χ1n) is 8.50. The number of rotatable bonds is 4. The second-order valence-electron chi connectivity index (χ2n) is 6.22. The molecule has 140 valence electrons. The van der Waals surface area contributed by atoms with Gasteiger partial charge in [-0.05, 0) is 36.4 Å². The first kappa shape index (κ1) is 17.6. The van der Waals surface area contributed by atoms with Gasteiger partial charge in [0.1, 0.15) is 5.82 Å². The number of hydrogen-bond donors (Lipinski definition) is 1. The Bertz CT molecular complexity index is 1010. The highest BCUT2D eigenvalue weighted by atomic mass is 32.2. The number of nitrogens with zero attached hydrogens (tertiary/aromatic N) is 4. The highest BCUT2D eigenvalue weighted by molar-refractivity contribution is 7.89. The molecule has 3 aromatic rings. The van der Waals surface area contributed by atoms with Crippen LogP contribution >= 0.6 is 0 Å². The van der Waals surface area contributed by atoms with Gasteiger partial charge in [0.25, 0.3) is 0 Å². The lowest BCUT2D eigenvalue weighted by atomic mass is 10.2. The molecule has 27 heavy (non-hydrogen) atoms. The maximum Gasteiger partial charge on any atom is 0.243 e. The Morgan fingerprint density at radius 3 is 2.30 bits per heavy atom. The summed E-state index contributed by atoms with van der Waals surface area (Å²) in [6.45, 7) is 1.75. The van der Waals surface area contributed by atoms with Gasteiger partial charge in [0.05, 0.1) is 10.6 Å². The van der Waals surface area contributed by atoms with E-state index >= 15 is 0 Å². The van der Waals surface area contributed by atoms with E-state index in [-0.39, 0.29) is 4.90 Å². The van der Waals surface area contributed by atoms with Crippen molar-refractivity contribution in [2.24, 2.45) is 0 Å². The molecule has 4 rings (SSSR count). The monoisotopic (exact) mass is 387 g/mol. The molecule has 0 saturated carbocycles. The lowest BCUT2D eigenvalue weighted by molar-refractivity contribution is 0.383. The molecule has 7 nitrogen and oxygen atoms in total. The minimum Gasteiger partial charge on any atom is -0.352 e. The zero-order chi connectivity index (χ0) is 18.9. The van der Waals surface area contributed by atoms with Gasteiger partial charge in [-0.1, -0.05) is 0 Å². The first-order chi connectivity index (χ1) is 13.0. The molecular formula is C18H18FN5O2S. The highest BCUT2D eigenvalue weighted by Gasteiger charge is 2.29. The molecule has 1 aliphatic heterocycles. The van der Waals surface area contributed by atoms with Crippen LogP contribution in [0.3, 0.4) is 0 Å². The molecule has 3 heterocycles. The zero-order valence-electron chi connectivity index (χ0n) is 14.4. The summed E-state index contributed by atoms with van der Waals surface area (Å²) < 4.78 is 39.9. The molecule has 1 N–H and O–H groups in total. The van der Waals surface area contributed by atoms with Gasteiger partial charge in [-0.2, -0.15) is 9.40 Å². The lowest BCUT2D eigenvalue weighted by Gasteiger charge is -2.34. The smallest absolute Gasteiger partial charge is 0.243 e. The third kappa shape index (κ3) is 3.56. The van der Waals surface area contributed by atoms with Crippen molar-refractivity contribution in [2.75, 3.05) is 31.1 Å². The fourth-order valence-corrected chi connectivity index (χ4v) is 4.49. The average Bonchev–Trinajstić information content (AvgIpc) is 3.19. The number of benzene rings is 1. The fourth-order valence-electron chi connectivity index (χ4n) is 3.07. The van der Waals surface area contributed by atoms with Gasteiger partial charge in [0.2, 0.25) is 10.0 Å². The minimum absolute atomic E-state index is 0.108. The molecule has 1 aliphatic rings. The summed E-state index contributed by atoms with van der Waals surface area (Å²) in [6.07, 6.45) is 3.43. The lowest BCUT2D eigenvalue weighted by Crippen LogP contribution is -2.48. The predicted octanol–water partition coefficient (Wildman–Crippen LogP) is 2.12. The maximum absolute atomic E-state index is 13.1. The number of sulfonamides is 1. The first-order valence-corrected chi connectivity index (χ1v) is 9.94. The number of piperazine rings is 1. The van der Waals surface area contributed by atoms with Crippen LogP contribution in [-0.4, -0.2) is 54.1 Å². The molecule has 0 amide bonds. The Morgan fingerprint density at radius 2 is 1.63 bits per heavy atom. The van der Waals surface area contributed by atoms with E-state index in [4.69, 9.17) is 0 Å². The SMILES string of the molecule is O=S(=O)(c1ccc(F)cc1)N1CCN(c2cc(-c3ccncc3)[nH]n2)CC1. The quantitative estimate of drug-likeness (QED) is 0.742. The average molecular weight is 387 g/mol. The van der Waals surface area contributed by atoms with Gasteiger partial charge in [0.15, 0.2) is 5.82 Å². The van der Waals surface area contributed by atoms with E-state index in [2.05, 4.69) is 15.2 Å². The van der Waals surface area contributed by atoms with Crippen LogP contribution in [0.25, 0.3) is 11.3 Å². The van der Waals surface area contributed by atoms with Crippen LogP contribution in [0.1, 0.15) is 0 Å². The van der Waals surface area contributed by atoms with Crippen molar-refractivity contribution in [1.29, 1.82) is 0 Å². The molecule has 0 unspecified atom stereocenters. The molecule has 0 spiro atoms. The fraction of sp³-hybridized carbons (Fsp3) is 0.222. The van der Waals surface area contributed by atoms with Crippen LogP contribution in [0.15, 0.2) is 59.8 Å². The van der Waals surface area contributed by atoms with Crippen LogP contribution in [0.5, 0.6) is 0 Å². The van der Waals surface area contributed by atoms with Crippen LogP contribution in [0.2, 0.25) is 0 Å². The third-order valence-electron chi connectivity index (χ3n) is 4.57. The number of pyridine rings is 1. The van der Waals surface area contributed by atoms with Gasteiger partial charge in [0, 0.05) is 50.2 Å². The van der Waals surface area contributed by atoms with E-state index in [1.807, 2.05) is 23.1 Å². The van der Waals surface area contributed by atoms with E-state index in [1.165, 1.54) is 16.4 Å². The molecule has 1 saturated heterocycles. The summed E-state index contributed by atoms with van der Waals surface area (Å²) in [5.74, 6) is 0.322. The van der Waals surface area contributed by atoms with Crippen LogP contribution < -0.4 is 4.90 Å². The standard InChI is InChI=1S/C18H18FN5O2S/c19-15-1-3-16(4-2-15)27(25,26)24-11-9-23(10-12-24)18-13-17(21-22-18)14-5-7-20-8-6-14/h1-8,13H,9-12H2,(H,21,22).